The fourth-order valence-electron chi connectivity index (χ4n) is 3.39. The number of ether oxygens (including phenoxy) is 1. The Hall–Kier alpha value is -3.29. The second-order valence-electron chi connectivity index (χ2n) is 7.41. The minimum atomic E-state index is -0.548. The number of carbonyl (C=O) groups excluding carboxylic acids is 2. The summed E-state index contributed by atoms with van der Waals surface area (Å²) in [5.41, 5.74) is 2.78. The predicted octanol–water partition coefficient (Wildman–Crippen LogP) is 2.09. The maximum atomic E-state index is 12.3. The molecule has 1 N–H and O–H groups in total. The van der Waals surface area contributed by atoms with E-state index < -0.39 is 5.97 Å². The SMILES string of the molecule is Cc1cc(C)n2nc(CC(=O)OCC(=O)NC(c3ccccc3)C3CC3)nc2n1. The molecule has 1 aliphatic carbocycles. The summed E-state index contributed by atoms with van der Waals surface area (Å²) in [6, 6.07) is 11.7. The van der Waals surface area contributed by atoms with Crippen LogP contribution in [0.2, 0.25) is 0 Å². The monoisotopic (exact) mass is 393 g/mol. The maximum Gasteiger partial charge on any atom is 0.314 e. The zero-order valence-electron chi connectivity index (χ0n) is 16.5. The first-order valence-electron chi connectivity index (χ1n) is 9.69. The number of amides is 1. The van der Waals surface area contributed by atoms with Gasteiger partial charge in [0.25, 0.3) is 11.7 Å². The first-order chi connectivity index (χ1) is 14.0. The third kappa shape index (κ3) is 4.59. The van der Waals surface area contributed by atoms with Gasteiger partial charge in [0.15, 0.2) is 12.4 Å². The van der Waals surface area contributed by atoms with Crippen LogP contribution in [0.4, 0.5) is 0 Å². The zero-order valence-corrected chi connectivity index (χ0v) is 16.5. The predicted molar refractivity (Wildman–Crippen MR) is 105 cm³/mol. The summed E-state index contributed by atoms with van der Waals surface area (Å²) in [7, 11) is 0. The molecular formula is C21H23N5O3. The van der Waals surface area contributed by atoms with E-state index >= 15 is 0 Å². The van der Waals surface area contributed by atoms with Crippen molar-refractivity contribution in [1.82, 2.24) is 24.9 Å². The van der Waals surface area contributed by atoms with E-state index in [0.717, 1.165) is 29.8 Å². The van der Waals surface area contributed by atoms with Crippen molar-refractivity contribution in [2.75, 3.05) is 6.61 Å². The van der Waals surface area contributed by atoms with Gasteiger partial charge in [-0.3, -0.25) is 9.59 Å². The van der Waals surface area contributed by atoms with Crippen molar-refractivity contribution in [3.63, 3.8) is 0 Å². The number of fused-ring (bicyclic) bond motifs is 1. The van der Waals surface area contributed by atoms with Gasteiger partial charge in [-0.05, 0) is 44.2 Å². The Morgan fingerprint density at radius 3 is 2.69 bits per heavy atom. The molecule has 2 aromatic heterocycles. The first kappa shape index (κ1) is 19.0. The van der Waals surface area contributed by atoms with Gasteiger partial charge in [-0.2, -0.15) is 4.98 Å². The highest BCUT2D eigenvalue weighted by Crippen LogP contribution is 2.40. The highest BCUT2D eigenvalue weighted by atomic mass is 16.5. The van der Waals surface area contributed by atoms with Crippen molar-refractivity contribution < 1.29 is 14.3 Å². The van der Waals surface area contributed by atoms with Gasteiger partial charge in [-0.1, -0.05) is 30.3 Å². The lowest BCUT2D eigenvalue weighted by Gasteiger charge is -2.18. The molecule has 1 atom stereocenters. The van der Waals surface area contributed by atoms with Crippen molar-refractivity contribution in [2.24, 2.45) is 5.92 Å². The van der Waals surface area contributed by atoms with Crippen molar-refractivity contribution in [1.29, 1.82) is 0 Å². The van der Waals surface area contributed by atoms with Gasteiger partial charge in [0.1, 0.15) is 6.42 Å². The second kappa shape index (κ2) is 7.98. The highest BCUT2D eigenvalue weighted by Gasteiger charge is 2.33. The van der Waals surface area contributed by atoms with Crippen LogP contribution in [0.5, 0.6) is 0 Å². The molecule has 1 unspecified atom stereocenters. The molecule has 8 nitrogen and oxygen atoms in total. The van der Waals surface area contributed by atoms with Crippen molar-refractivity contribution in [2.45, 2.75) is 39.2 Å². The topological polar surface area (TPSA) is 98.5 Å². The quantitative estimate of drug-likeness (QED) is 0.617. The molecule has 0 aliphatic heterocycles. The number of nitrogens with one attached hydrogen (secondary N) is 1. The van der Waals surface area contributed by atoms with Gasteiger partial charge in [0, 0.05) is 11.4 Å². The summed E-state index contributed by atoms with van der Waals surface area (Å²) < 4.78 is 6.72. The van der Waals surface area contributed by atoms with Crippen LogP contribution < -0.4 is 5.32 Å². The molecule has 2 heterocycles. The van der Waals surface area contributed by atoms with Crippen molar-refractivity contribution in [3.8, 4) is 0 Å². The van der Waals surface area contributed by atoms with Crippen LogP contribution in [0, 0.1) is 19.8 Å². The smallest absolute Gasteiger partial charge is 0.314 e. The highest BCUT2D eigenvalue weighted by molar-refractivity contribution is 5.81. The first-order valence-corrected chi connectivity index (χ1v) is 9.69. The average molecular weight is 393 g/mol. The lowest BCUT2D eigenvalue weighted by Crippen LogP contribution is -2.33. The molecule has 8 heteroatoms. The Bertz CT molecular complexity index is 1040. The Labute approximate surface area is 168 Å². The van der Waals surface area contributed by atoms with E-state index in [1.54, 1.807) is 4.52 Å². The van der Waals surface area contributed by atoms with Crippen LogP contribution in [0.1, 0.15) is 41.7 Å². The number of esters is 1. The maximum absolute atomic E-state index is 12.3. The number of carbonyl (C=O) groups is 2. The van der Waals surface area contributed by atoms with Gasteiger partial charge in [0.05, 0.1) is 6.04 Å². The Kier molecular flexibility index (Phi) is 5.24. The van der Waals surface area contributed by atoms with Gasteiger partial charge < -0.3 is 10.1 Å². The number of hydrogen-bond donors (Lipinski definition) is 1. The molecule has 3 aromatic rings. The molecule has 1 fully saturated rings. The fourth-order valence-corrected chi connectivity index (χ4v) is 3.39. The molecule has 1 saturated carbocycles. The molecule has 29 heavy (non-hydrogen) atoms. The number of nitrogens with zero attached hydrogens (tertiary/aromatic N) is 4. The summed E-state index contributed by atoms with van der Waals surface area (Å²) in [5, 5.41) is 7.27. The molecule has 0 spiro atoms. The van der Waals surface area contributed by atoms with Crippen LogP contribution in [-0.2, 0) is 20.7 Å². The molecule has 1 amide bonds. The van der Waals surface area contributed by atoms with E-state index in [-0.39, 0.29) is 25.0 Å². The van der Waals surface area contributed by atoms with Crippen molar-refractivity contribution >= 4 is 17.7 Å². The van der Waals surface area contributed by atoms with E-state index in [9.17, 15) is 9.59 Å². The lowest BCUT2D eigenvalue weighted by atomic mass is 10.0. The molecular weight excluding hydrogens is 370 g/mol. The number of hydrogen-bond acceptors (Lipinski definition) is 6. The summed E-state index contributed by atoms with van der Waals surface area (Å²) in [6.45, 7) is 3.45. The minimum Gasteiger partial charge on any atom is -0.455 e. The van der Waals surface area contributed by atoms with E-state index in [0.29, 0.717) is 17.5 Å². The second-order valence-corrected chi connectivity index (χ2v) is 7.41. The van der Waals surface area contributed by atoms with Crippen LogP contribution in [0.25, 0.3) is 5.78 Å². The van der Waals surface area contributed by atoms with Gasteiger partial charge in [-0.25, -0.2) is 9.50 Å². The van der Waals surface area contributed by atoms with E-state index in [2.05, 4.69) is 20.4 Å². The summed E-state index contributed by atoms with van der Waals surface area (Å²) in [5.74, 6) is 0.344. The van der Waals surface area contributed by atoms with Crippen LogP contribution in [0.3, 0.4) is 0 Å². The molecule has 4 rings (SSSR count). The molecule has 0 radical (unpaired) electrons. The van der Waals surface area contributed by atoms with Crippen LogP contribution in [-0.4, -0.2) is 38.1 Å². The summed E-state index contributed by atoms with van der Waals surface area (Å²) >= 11 is 0. The Balaban J connectivity index is 1.32. The van der Waals surface area contributed by atoms with E-state index in [1.807, 2.05) is 50.2 Å². The van der Waals surface area contributed by atoms with E-state index in [1.165, 1.54) is 0 Å². The third-order valence-corrected chi connectivity index (χ3v) is 4.90. The lowest BCUT2D eigenvalue weighted by molar-refractivity contribution is -0.148. The number of benzene rings is 1. The third-order valence-electron chi connectivity index (χ3n) is 4.90. The molecule has 1 aromatic carbocycles. The molecule has 1 aliphatic rings. The Morgan fingerprint density at radius 2 is 1.97 bits per heavy atom. The van der Waals surface area contributed by atoms with Gasteiger partial charge >= 0.3 is 5.97 Å². The molecule has 0 bridgehead atoms. The van der Waals surface area contributed by atoms with Gasteiger partial charge in [-0.15, -0.1) is 5.10 Å². The Morgan fingerprint density at radius 1 is 1.21 bits per heavy atom. The molecule has 0 saturated heterocycles. The fraction of sp³-hybridized carbons (Fsp3) is 0.381. The van der Waals surface area contributed by atoms with Gasteiger partial charge in [0.2, 0.25) is 0 Å². The summed E-state index contributed by atoms with van der Waals surface area (Å²) in [6.07, 6.45) is 2.07. The molecule has 150 valence electrons. The van der Waals surface area contributed by atoms with E-state index in [4.69, 9.17) is 4.74 Å². The zero-order chi connectivity index (χ0) is 20.4. The van der Waals surface area contributed by atoms with Crippen LogP contribution >= 0.6 is 0 Å². The van der Waals surface area contributed by atoms with Crippen LogP contribution in [0.15, 0.2) is 36.4 Å². The standard InChI is InChI=1S/C21H23N5O3/c1-13-10-14(2)26-21(22-13)23-17(25-26)11-19(28)29-12-18(27)24-20(16-8-9-16)15-6-4-3-5-7-15/h3-7,10,16,20H,8-9,11-12H2,1-2H3,(H,24,27). The number of aromatic nitrogens is 4. The van der Waals surface area contributed by atoms with Crippen molar-refractivity contribution in [3.05, 3.63) is 59.2 Å². The number of rotatable bonds is 7. The average Bonchev–Trinajstić information content (AvgIpc) is 3.45. The minimum absolute atomic E-state index is 0.0419. The largest absolute Gasteiger partial charge is 0.455 e. The number of aryl methyl sites for hydroxylation is 2. The normalized spacial score (nSPS) is 14.6. The summed E-state index contributed by atoms with van der Waals surface area (Å²) in [4.78, 5) is 33.0.